The number of benzene rings is 2. The van der Waals surface area contributed by atoms with Crippen LogP contribution in [0.4, 0.5) is 0 Å². The highest BCUT2D eigenvalue weighted by Crippen LogP contribution is 2.34. The molecule has 0 heteroatoms. The topological polar surface area (TPSA) is 0 Å². The van der Waals surface area contributed by atoms with Crippen molar-refractivity contribution in [2.24, 2.45) is 11.8 Å². The largest absolute Gasteiger partial charge is 0.0982 e. The van der Waals surface area contributed by atoms with Crippen LogP contribution in [0.5, 0.6) is 0 Å². The van der Waals surface area contributed by atoms with Crippen LogP contribution < -0.4 is 0 Å². The molecule has 0 bridgehead atoms. The molecule has 1 aliphatic rings. The van der Waals surface area contributed by atoms with E-state index in [2.05, 4.69) is 86.1 Å². The molecule has 174 valence electrons. The Balaban J connectivity index is 1.37. The van der Waals surface area contributed by atoms with E-state index in [1.54, 1.807) is 0 Å². The molecule has 0 spiro atoms. The molecule has 0 unspecified atom stereocenters. The summed E-state index contributed by atoms with van der Waals surface area (Å²) in [6, 6.07) is 17.1. The zero-order valence-electron chi connectivity index (χ0n) is 21.0. The van der Waals surface area contributed by atoms with Crippen molar-refractivity contribution in [1.82, 2.24) is 0 Å². The second-order valence-corrected chi connectivity index (χ2v) is 9.81. The third-order valence-electron chi connectivity index (χ3n) is 7.12. The summed E-state index contributed by atoms with van der Waals surface area (Å²) in [5.74, 6) is 14.8. The molecule has 3 rings (SSSR count). The predicted molar refractivity (Wildman–Crippen MR) is 143 cm³/mol. The highest BCUT2D eigenvalue weighted by molar-refractivity contribution is 5.46. The van der Waals surface area contributed by atoms with Gasteiger partial charge in [-0.15, -0.1) is 0 Å². The third kappa shape index (κ3) is 9.52. The monoisotopic (exact) mass is 438 g/mol. The Kier molecular flexibility index (Phi) is 11.2. The first kappa shape index (κ1) is 25.2. The van der Waals surface area contributed by atoms with E-state index < -0.39 is 0 Å². The quantitative estimate of drug-likeness (QED) is 0.271. The molecule has 33 heavy (non-hydrogen) atoms. The van der Waals surface area contributed by atoms with E-state index in [4.69, 9.17) is 0 Å². The molecule has 2 aromatic rings. The second kappa shape index (κ2) is 14.7. The van der Waals surface area contributed by atoms with Gasteiger partial charge in [-0.25, -0.2) is 0 Å². The van der Waals surface area contributed by atoms with Gasteiger partial charge in [0.25, 0.3) is 0 Å². The Morgan fingerprint density at radius 2 is 1.12 bits per heavy atom. The number of aryl methyl sites for hydroxylation is 1. The van der Waals surface area contributed by atoms with Crippen molar-refractivity contribution in [1.29, 1.82) is 0 Å². The third-order valence-corrected chi connectivity index (χ3v) is 7.12. The number of rotatable bonds is 9. The van der Waals surface area contributed by atoms with Crippen molar-refractivity contribution in [3.05, 3.63) is 70.8 Å². The summed E-state index contributed by atoms with van der Waals surface area (Å²) in [4.78, 5) is 0. The number of unbranched alkanes of at least 4 members (excludes halogenated alkanes) is 4. The molecule has 0 aliphatic heterocycles. The van der Waals surface area contributed by atoms with E-state index in [0.717, 1.165) is 34.9 Å². The average Bonchev–Trinajstić information content (AvgIpc) is 2.87. The normalized spacial score (nSPS) is 17.5. The predicted octanol–water partition coefficient (Wildman–Crippen LogP) is 8.95. The van der Waals surface area contributed by atoms with E-state index in [-0.39, 0.29) is 0 Å². The lowest BCUT2D eigenvalue weighted by Gasteiger charge is -2.28. The Labute approximate surface area is 203 Å². The summed E-state index contributed by atoms with van der Waals surface area (Å²) in [7, 11) is 0. The second-order valence-electron chi connectivity index (χ2n) is 9.81. The lowest BCUT2D eigenvalue weighted by molar-refractivity contribution is 0.248. The number of hydrogen-bond acceptors (Lipinski definition) is 0. The molecule has 0 amide bonds. The first-order valence-electron chi connectivity index (χ1n) is 13.5. The van der Waals surface area contributed by atoms with Crippen LogP contribution in [0.15, 0.2) is 48.5 Å². The summed E-state index contributed by atoms with van der Waals surface area (Å²) < 4.78 is 0. The van der Waals surface area contributed by atoms with Crippen LogP contribution in [0.2, 0.25) is 0 Å². The summed E-state index contributed by atoms with van der Waals surface area (Å²) in [5.41, 5.74) is 4.64. The van der Waals surface area contributed by atoms with E-state index in [1.165, 1.54) is 82.6 Å². The first-order valence-corrected chi connectivity index (χ1v) is 13.5. The van der Waals surface area contributed by atoms with Crippen LogP contribution in [0.25, 0.3) is 0 Å². The number of hydrogen-bond donors (Lipinski definition) is 0. The fourth-order valence-electron chi connectivity index (χ4n) is 4.94. The van der Waals surface area contributed by atoms with Gasteiger partial charge in [-0.1, -0.05) is 114 Å². The van der Waals surface area contributed by atoms with E-state index in [1.807, 2.05) is 0 Å². The van der Waals surface area contributed by atoms with Crippen LogP contribution in [-0.2, 0) is 6.42 Å². The van der Waals surface area contributed by atoms with Crippen LogP contribution in [0.3, 0.4) is 0 Å². The Bertz CT molecular complexity index is 916. The molecule has 0 atom stereocenters. The molecular weight excluding hydrogens is 396 g/mol. The van der Waals surface area contributed by atoms with Gasteiger partial charge in [0, 0.05) is 23.1 Å². The van der Waals surface area contributed by atoms with Crippen LogP contribution in [-0.4, -0.2) is 0 Å². The molecule has 1 saturated carbocycles. The highest BCUT2D eigenvalue weighted by Gasteiger charge is 2.20. The van der Waals surface area contributed by atoms with Crippen LogP contribution in [0.1, 0.15) is 113 Å². The van der Waals surface area contributed by atoms with Crippen LogP contribution >= 0.6 is 0 Å². The SMILES string of the molecule is CCC#Cc1ccc(C#Cc2ccc(CC[C@H]3CC[C@H](CCCCCCC)CC3)cc2)cc1. The maximum absolute atomic E-state index is 3.30. The van der Waals surface area contributed by atoms with Gasteiger partial charge in [0.1, 0.15) is 0 Å². The van der Waals surface area contributed by atoms with Crippen LogP contribution in [0, 0.1) is 35.5 Å². The van der Waals surface area contributed by atoms with Gasteiger partial charge in [0.2, 0.25) is 0 Å². The maximum Gasteiger partial charge on any atom is 0.0249 e. The maximum atomic E-state index is 3.30. The van der Waals surface area contributed by atoms with E-state index >= 15 is 0 Å². The minimum Gasteiger partial charge on any atom is -0.0982 e. The highest BCUT2D eigenvalue weighted by atomic mass is 14.3. The van der Waals surface area contributed by atoms with Gasteiger partial charge >= 0.3 is 0 Å². The Hall–Kier alpha value is -2.44. The zero-order chi connectivity index (χ0) is 23.1. The zero-order valence-corrected chi connectivity index (χ0v) is 21.0. The minimum atomic E-state index is 0.887. The average molecular weight is 439 g/mol. The van der Waals surface area contributed by atoms with Gasteiger partial charge in [-0.2, -0.15) is 0 Å². The lowest BCUT2D eigenvalue weighted by atomic mass is 9.77. The minimum absolute atomic E-state index is 0.887. The molecule has 0 heterocycles. The van der Waals surface area contributed by atoms with Gasteiger partial charge < -0.3 is 0 Å². The fraction of sp³-hybridized carbons (Fsp3) is 0.515. The van der Waals surface area contributed by atoms with E-state index in [0.29, 0.717) is 0 Å². The Morgan fingerprint density at radius 1 is 0.606 bits per heavy atom. The molecule has 0 N–H and O–H groups in total. The summed E-state index contributed by atoms with van der Waals surface area (Å²) in [6.07, 6.45) is 17.9. The molecule has 1 aliphatic carbocycles. The van der Waals surface area contributed by atoms with E-state index in [9.17, 15) is 0 Å². The van der Waals surface area contributed by atoms with Crippen molar-refractivity contribution < 1.29 is 0 Å². The van der Waals surface area contributed by atoms with Gasteiger partial charge in [0.15, 0.2) is 0 Å². The first-order chi connectivity index (χ1) is 16.3. The molecule has 0 nitrogen and oxygen atoms in total. The summed E-state index contributed by atoms with van der Waals surface area (Å²) in [6.45, 7) is 4.37. The molecular formula is C33H42. The van der Waals surface area contributed by atoms with Crippen molar-refractivity contribution in [2.45, 2.75) is 97.3 Å². The fourth-order valence-corrected chi connectivity index (χ4v) is 4.94. The van der Waals surface area contributed by atoms with Gasteiger partial charge in [-0.05, 0) is 66.6 Å². The molecule has 0 saturated heterocycles. The standard InChI is InChI=1S/C33H42/c1-3-5-7-8-9-11-29-14-18-31(19-15-29)21-23-33-26-24-32(25-27-33)22-20-30-16-12-28(13-17-30)10-6-4-2/h12-13,16-17,24-27,29,31H,3-5,7-9,11,14-15,18-19,21,23H2,1-2H3/t29-,31-. The van der Waals surface area contributed by atoms with Crippen molar-refractivity contribution in [3.63, 3.8) is 0 Å². The van der Waals surface area contributed by atoms with Crippen molar-refractivity contribution >= 4 is 0 Å². The van der Waals surface area contributed by atoms with Gasteiger partial charge in [-0.3, -0.25) is 0 Å². The lowest BCUT2D eigenvalue weighted by Crippen LogP contribution is -2.15. The summed E-state index contributed by atoms with van der Waals surface area (Å²) >= 11 is 0. The van der Waals surface area contributed by atoms with Gasteiger partial charge in [0.05, 0.1) is 0 Å². The Morgan fingerprint density at radius 3 is 1.70 bits per heavy atom. The molecule has 0 aromatic heterocycles. The van der Waals surface area contributed by atoms with Crippen molar-refractivity contribution in [3.8, 4) is 23.7 Å². The van der Waals surface area contributed by atoms with Crippen molar-refractivity contribution in [2.75, 3.05) is 0 Å². The molecule has 2 aromatic carbocycles. The molecule has 1 fully saturated rings. The summed E-state index contributed by atoms with van der Waals surface area (Å²) in [5, 5.41) is 0. The smallest absolute Gasteiger partial charge is 0.0249 e. The molecule has 0 radical (unpaired) electrons.